The topological polar surface area (TPSA) is 95.9 Å². The number of fused-ring (bicyclic) bond motifs is 3. The van der Waals surface area contributed by atoms with Crippen molar-refractivity contribution in [1.82, 2.24) is 10.2 Å². The van der Waals surface area contributed by atoms with Crippen LogP contribution in [0.4, 0.5) is 4.79 Å². The Balaban J connectivity index is 1.17. The van der Waals surface area contributed by atoms with Crippen LogP contribution in [-0.4, -0.2) is 54.2 Å². The number of carbonyl (C=O) groups excluding carboxylic acids is 2. The van der Waals surface area contributed by atoms with Crippen LogP contribution in [0.1, 0.15) is 42.7 Å². The lowest BCUT2D eigenvalue weighted by Gasteiger charge is -2.16. The number of hydrogen-bond donors (Lipinski definition) is 2. The molecule has 168 valence electrons. The van der Waals surface area contributed by atoms with Crippen LogP contribution < -0.4 is 5.32 Å². The molecule has 2 aliphatic rings. The number of nitrogens with zero attached hydrogens (tertiary/aromatic N) is 1. The molecule has 32 heavy (non-hydrogen) atoms. The molecule has 2 aromatic carbocycles. The van der Waals surface area contributed by atoms with Crippen molar-refractivity contribution in [2.24, 2.45) is 5.92 Å². The van der Waals surface area contributed by atoms with Crippen molar-refractivity contribution in [2.75, 3.05) is 26.2 Å². The molecule has 7 heteroatoms. The molecule has 2 aromatic rings. The predicted octanol–water partition coefficient (Wildman–Crippen LogP) is 3.63. The number of aliphatic carboxylic acids is 1. The predicted molar refractivity (Wildman–Crippen MR) is 119 cm³/mol. The number of unbranched alkanes of at least 4 members (excludes halogenated alkanes) is 1. The summed E-state index contributed by atoms with van der Waals surface area (Å²) in [4.78, 5) is 37.0. The number of carboxylic acid groups (broad SMARTS) is 1. The molecule has 7 nitrogen and oxygen atoms in total. The second-order valence-electron chi connectivity index (χ2n) is 8.37. The fourth-order valence-electron chi connectivity index (χ4n) is 4.59. The summed E-state index contributed by atoms with van der Waals surface area (Å²) in [7, 11) is 0. The minimum atomic E-state index is -0.840. The summed E-state index contributed by atoms with van der Waals surface area (Å²) >= 11 is 0. The number of hydrogen-bond acceptors (Lipinski definition) is 4. The Morgan fingerprint density at radius 1 is 1.00 bits per heavy atom. The Kier molecular flexibility index (Phi) is 6.73. The van der Waals surface area contributed by atoms with Crippen LogP contribution in [0.5, 0.6) is 0 Å². The molecular weight excluding hydrogens is 408 g/mol. The molecule has 1 aliphatic heterocycles. The Labute approximate surface area is 187 Å². The lowest BCUT2D eigenvalue weighted by molar-refractivity contribution is -0.141. The SMILES string of the molecule is O=C(NCCCCC(=O)N1CCC(C(=O)O)C1)OCC1c2ccccc2-c2ccccc21. The van der Waals surface area contributed by atoms with Crippen LogP contribution in [0, 0.1) is 5.92 Å². The maximum absolute atomic E-state index is 12.2. The molecule has 0 saturated carbocycles. The van der Waals surface area contributed by atoms with E-state index in [1.165, 1.54) is 22.3 Å². The maximum Gasteiger partial charge on any atom is 0.407 e. The third-order valence-electron chi connectivity index (χ3n) is 6.32. The minimum Gasteiger partial charge on any atom is -0.481 e. The highest BCUT2D eigenvalue weighted by Crippen LogP contribution is 2.44. The third-order valence-corrected chi connectivity index (χ3v) is 6.32. The first kappa shape index (κ1) is 21.9. The number of benzene rings is 2. The van der Waals surface area contributed by atoms with E-state index in [0.29, 0.717) is 45.3 Å². The van der Waals surface area contributed by atoms with E-state index in [2.05, 4.69) is 29.6 Å². The number of carboxylic acids is 1. The van der Waals surface area contributed by atoms with Crippen molar-refractivity contribution in [3.05, 3.63) is 59.7 Å². The van der Waals surface area contributed by atoms with Crippen molar-refractivity contribution in [3.8, 4) is 11.1 Å². The quantitative estimate of drug-likeness (QED) is 0.616. The third kappa shape index (κ3) is 4.77. The summed E-state index contributed by atoms with van der Waals surface area (Å²) in [5, 5.41) is 11.8. The van der Waals surface area contributed by atoms with Gasteiger partial charge in [0.2, 0.25) is 5.91 Å². The Morgan fingerprint density at radius 2 is 1.66 bits per heavy atom. The van der Waals surface area contributed by atoms with Gasteiger partial charge in [-0.2, -0.15) is 0 Å². The average Bonchev–Trinajstić information content (AvgIpc) is 3.41. The highest BCUT2D eigenvalue weighted by molar-refractivity contribution is 5.79. The molecule has 0 spiro atoms. The summed E-state index contributed by atoms with van der Waals surface area (Å²) in [5.74, 6) is -1.28. The highest BCUT2D eigenvalue weighted by atomic mass is 16.5. The van der Waals surface area contributed by atoms with Crippen molar-refractivity contribution in [1.29, 1.82) is 0 Å². The molecule has 2 amide bonds. The van der Waals surface area contributed by atoms with E-state index < -0.39 is 18.0 Å². The molecule has 0 bridgehead atoms. The van der Waals surface area contributed by atoms with E-state index in [1.807, 2.05) is 24.3 Å². The summed E-state index contributed by atoms with van der Waals surface area (Å²) in [6.45, 7) is 1.51. The van der Waals surface area contributed by atoms with Gasteiger partial charge in [-0.05, 0) is 41.5 Å². The van der Waals surface area contributed by atoms with E-state index in [-0.39, 0.29) is 18.4 Å². The Bertz CT molecular complexity index is 960. The molecule has 1 aliphatic carbocycles. The van der Waals surface area contributed by atoms with Gasteiger partial charge in [-0.15, -0.1) is 0 Å². The number of ether oxygens (including phenoxy) is 1. The molecule has 4 rings (SSSR count). The first-order chi connectivity index (χ1) is 15.5. The highest BCUT2D eigenvalue weighted by Gasteiger charge is 2.30. The largest absolute Gasteiger partial charge is 0.481 e. The van der Waals surface area contributed by atoms with Crippen molar-refractivity contribution < 1.29 is 24.2 Å². The number of likely N-dealkylation sites (tertiary alicyclic amines) is 1. The molecule has 1 fully saturated rings. The van der Waals surface area contributed by atoms with Crippen LogP contribution in [-0.2, 0) is 14.3 Å². The Hall–Kier alpha value is -3.35. The van der Waals surface area contributed by atoms with Gasteiger partial charge in [0.25, 0.3) is 0 Å². The molecule has 1 saturated heterocycles. The van der Waals surface area contributed by atoms with Gasteiger partial charge in [0.15, 0.2) is 0 Å². The van der Waals surface area contributed by atoms with Crippen molar-refractivity contribution in [2.45, 2.75) is 31.6 Å². The lowest BCUT2D eigenvalue weighted by Crippen LogP contribution is -2.30. The molecule has 1 heterocycles. The van der Waals surface area contributed by atoms with Gasteiger partial charge in [0, 0.05) is 32.0 Å². The number of rotatable bonds is 8. The zero-order valence-corrected chi connectivity index (χ0v) is 18.0. The van der Waals surface area contributed by atoms with Crippen molar-refractivity contribution in [3.63, 3.8) is 0 Å². The van der Waals surface area contributed by atoms with Gasteiger partial charge in [-0.3, -0.25) is 9.59 Å². The molecule has 0 aromatic heterocycles. The average molecular weight is 437 g/mol. The lowest BCUT2D eigenvalue weighted by atomic mass is 9.98. The molecule has 2 N–H and O–H groups in total. The normalized spacial score (nSPS) is 17.0. The van der Waals surface area contributed by atoms with Crippen LogP contribution >= 0.6 is 0 Å². The molecule has 1 atom stereocenters. The zero-order valence-electron chi connectivity index (χ0n) is 18.0. The van der Waals surface area contributed by atoms with Gasteiger partial charge >= 0.3 is 12.1 Å². The van der Waals surface area contributed by atoms with E-state index in [9.17, 15) is 14.4 Å². The fourth-order valence-corrected chi connectivity index (χ4v) is 4.59. The first-order valence-corrected chi connectivity index (χ1v) is 11.1. The maximum atomic E-state index is 12.2. The van der Waals surface area contributed by atoms with Gasteiger partial charge in [-0.1, -0.05) is 48.5 Å². The summed E-state index contributed by atoms with van der Waals surface area (Å²) in [6.07, 6.45) is 1.72. The van der Waals surface area contributed by atoms with E-state index in [0.717, 1.165) is 0 Å². The number of amides is 2. The van der Waals surface area contributed by atoms with Gasteiger partial charge < -0.3 is 20.1 Å². The minimum absolute atomic E-state index is 0.0186. The van der Waals surface area contributed by atoms with Crippen LogP contribution in [0.2, 0.25) is 0 Å². The second-order valence-corrected chi connectivity index (χ2v) is 8.37. The monoisotopic (exact) mass is 436 g/mol. The first-order valence-electron chi connectivity index (χ1n) is 11.1. The van der Waals surface area contributed by atoms with Gasteiger partial charge in [0.05, 0.1) is 5.92 Å². The van der Waals surface area contributed by atoms with E-state index in [4.69, 9.17) is 9.84 Å². The van der Waals surface area contributed by atoms with E-state index in [1.54, 1.807) is 4.90 Å². The second kappa shape index (κ2) is 9.85. The van der Waals surface area contributed by atoms with Crippen LogP contribution in [0.15, 0.2) is 48.5 Å². The van der Waals surface area contributed by atoms with E-state index >= 15 is 0 Å². The molecular formula is C25H28N2O5. The molecule has 1 unspecified atom stereocenters. The Morgan fingerprint density at radius 3 is 2.28 bits per heavy atom. The smallest absolute Gasteiger partial charge is 0.407 e. The summed E-state index contributed by atoms with van der Waals surface area (Å²) in [6, 6.07) is 16.4. The summed E-state index contributed by atoms with van der Waals surface area (Å²) in [5.41, 5.74) is 4.73. The number of nitrogens with one attached hydrogen (secondary N) is 1. The zero-order chi connectivity index (χ0) is 22.5. The van der Waals surface area contributed by atoms with Gasteiger partial charge in [-0.25, -0.2) is 4.79 Å². The van der Waals surface area contributed by atoms with Crippen molar-refractivity contribution >= 4 is 18.0 Å². The van der Waals surface area contributed by atoms with Gasteiger partial charge in [0.1, 0.15) is 6.61 Å². The fraction of sp³-hybridized carbons (Fsp3) is 0.400. The summed E-state index contributed by atoms with van der Waals surface area (Å²) < 4.78 is 5.50. The number of alkyl carbamates (subject to hydrolysis) is 1. The standard InChI is InChI=1S/C25H28N2O5/c28-23(27-14-12-17(15-27)24(29)30)11-5-6-13-26-25(31)32-16-22-20-9-3-1-7-18(20)19-8-2-4-10-21(19)22/h1-4,7-10,17,22H,5-6,11-16H2,(H,26,31)(H,29,30). The van der Waals surface area contributed by atoms with Crippen LogP contribution in [0.3, 0.4) is 0 Å². The number of carbonyl (C=O) groups is 3. The molecule has 0 radical (unpaired) electrons. The van der Waals surface area contributed by atoms with Crippen LogP contribution in [0.25, 0.3) is 11.1 Å².